The van der Waals surface area contributed by atoms with Gasteiger partial charge in [0.2, 0.25) is 5.91 Å². The summed E-state index contributed by atoms with van der Waals surface area (Å²) in [5.41, 5.74) is 0.847. The molecule has 8 nitrogen and oxygen atoms in total. The topological polar surface area (TPSA) is 97.2 Å². The number of nitrogens with one attached hydrogen (secondary N) is 1. The monoisotopic (exact) mass is 383 g/mol. The Balaban J connectivity index is 1.70. The lowest BCUT2D eigenvalue weighted by Gasteiger charge is -2.30. The van der Waals surface area contributed by atoms with Crippen LogP contribution in [0.25, 0.3) is 0 Å². The first-order valence-electron chi connectivity index (χ1n) is 8.15. The van der Waals surface area contributed by atoms with Gasteiger partial charge in [-0.1, -0.05) is 0 Å². The van der Waals surface area contributed by atoms with Crippen molar-refractivity contribution in [2.45, 2.75) is 38.3 Å². The molecule has 1 atom stereocenters. The second-order valence-electron chi connectivity index (χ2n) is 6.03. The van der Waals surface area contributed by atoms with Gasteiger partial charge in [-0.15, -0.1) is 11.3 Å². The van der Waals surface area contributed by atoms with Crippen LogP contribution in [0.2, 0.25) is 0 Å². The number of imidazole rings is 1. The van der Waals surface area contributed by atoms with Crippen molar-refractivity contribution in [3.63, 3.8) is 0 Å². The number of carbonyl (C=O) groups is 1. The van der Waals surface area contributed by atoms with Crippen LogP contribution in [-0.4, -0.2) is 46.3 Å². The molecular formula is C15H21N5O3S2. The molecule has 0 spiro atoms. The largest absolute Gasteiger partial charge is 0.336 e. The molecule has 1 saturated heterocycles. The van der Waals surface area contributed by atoms with Gasteiger partial charge in [0, 0.05) is 31.2 Å². The fraction of sp³-hybridized carbons (Fsp3) is 0.533. The maximum absolute atomic E-state index is 12.8. The Morgan fingerprint density at radius 1 is 1.48 bits per heavy atom. The predicted molar refractivity (Wildman–Crippen MR) is 94.9 cm³/mol. The number of amides is 1. The summed E-state index contributed by atoms with van der Waals surface area (Å²) in [5.74, 6) is -0.575. The van der Waals surface area contributed by atoms with E-state index in [-0.39, 0.29) is 23.4 Å². The molecule has 136 valence electrons. The maximum atomic E-state index is 12.8. The number of aromatic nitrogens is 3. The van der Waals surface area contributed by atoms with Gasteiger partial charge in [-0.3, -0.25) is 4.79 Å². The Morgan fingerprint density at radius 3 is 2.92 bits per heavy atom. The Bertz CT molecular complexity index is 858. The van der Waals surface area contributed by atoms with Crippen LogP contribution in [0.1, 0.15) is 25.5 Å². The molecule has 0 radical (unpaired) electrons. The SMILES string of the molecule is CCn1cnc(S(=O)(=O)N2CCC[C@@H](C(=O)Nc3nc(C)cs3)C2)c1. The van der Waals surface area contributed by atoms with E-state index < -0.39 is 10.0 Å². The molecule has 0 aliphatic carbocycles. The summed E-state index contributed by atoms with van der Waals surface area (Å²) in [4.78, 5) is 20.7. The van der Waals surface area contributed by atoms with Gasteiger partial charge in [-0.25, -0.2) is 18.4 Å². The van der Waals surface area contributed by atoms with Crippen molar-refractivity contribution in [1.29, 1.82) is 0 Å². The average Bonchev–Trinajstić information content (AvgIpc) is 3.24. The van der Waals surface area contributed by atoms with Gasteiger partial charge in [-0.05, 0) is 26.7 Å². The number of rotatable bonds is 5. The third-order valence-electron chi connectivity index (χ3n) is 4.18. The van der Waals surface area contributed by atoms with Crippen molar-refractivity contribution in [3.05, 3.63) is 23.6 Å². The van der Waals surface area contributed by atoms with Crippen LogP contribution in [0.4, 0.5) is 5.13 Å². The third kappa shape index (κ3) is 3.91. The quantitative estimate of drug-likeness (QED) is 0.848. The number of piperidine rings is 1. The number of sulfonamides is 1. The van der Waals surface area contributed by atoms with Crippen molar-refractivity contribution in [3.8, 4) is 0 Å². The Morgan fingerprint density at radius 2 is 2.28 bits per heavy atom. The van der Waals surface area contributed by atoms with Crippen molar-refractivity contribution in [2.24, 2.45) is 5.92 Å². The summed E-state index contributed by atoms with van der Waals surface area (Å²) in [5, 5.41) is 5.22. The van der Waals surface area contributed by atoms with Gasteiger partial charge < -0.3 is 9.88 Å². The molecule has 1 aliphatic rings. The zero-order valence-corrected chi connectivity index (χ0v) is 15.8. The molecule has 1 fully saturated rings. The number of thiazole rings is 1. The summed E-state index contributed by atoms with van der Waals surface area (Å²) in [6.07, 6.45) is 4.33. The van der Waals surface area contributed by atoms with Crippen LogP contribution in [0.15, 0.2) is 22.9 Å². The number of carbonyl (C=O) groups excluding carboxylic acids is 1. The van der Waals surface area contributed by atoms with Crippen LogP contribution in [0.3, 0.4) is 0 Å². The van der Waals surface area contributed by atoms with Crippen LogP contribution < -0.4 is 5.32 Å². The highest BCUT2D eigenvalue weighted by Gasteiger charge is 2.34. The highest BCUT2D eigenvalue weighted by molar-refractivity contribution is 7.89. The molecule has 3 rings (SSSR count). The molecule has 10 heteroatoms. The normalized spacial score (nSPS) is 19.0. The molecule has 0 unspecified atom stereocenters. The standard InChI is InChI=1S/C15H21N5O3S2/c1-3-19-8-13(16-10-19)25(22,23)20-6-4-5-12(7-20)14(21)18-15-17-11(2)9-24-15/h8-10,12H,3-7H2,1-2H3,(H,17,18,21)/t12-/m1/s1. The van der Waals surface area contributed by atoms with E-state index in [1.807, 2.05) is 19.2 Å². The zero-order chi connectivity index (χ0) is 18.0. The minimum atomic E-state index is -3.68. The van der Waals surface area contributed by atoms with E-state index in [9.17, 15) is 13.2 Å². The van der Waals surface area contributed by atoms with Crippen molar-refractivity contribution in [1.82, 2.24) is 18.8 Å². The molecule has 0 aromatic carbocycles. The molecule has 0 bridgehead atoms. The first kappa shape index (κ1) is 18.0. The molecule has 1 aliphatic heterocycles. The van der Waals surface area contributed by atoms with Gasteiger partial charge >= 0.3 is 0 Å². The first-order valence-corrected chi connectivity index (χ1v) is 10.5. The lowest BCUT2D eigenvalue weighted by molar-refractivity contribution is -0.120. The fourth-order valence-corrected chi connectivity index (χ4v) is 4.92. The third-order valence-corrected chi connectivity index (χ3v) is 6.81. The van der Waals surface area contributed by atoms with Crippen LogP contribution in [0.5, 0.6) is 0 Å². The number of anilines is 1. The highest BCUT2D eigenvalue weighted by Crippen LogP contribution is 2.24. The average molecular weight is 383 g/mol. The molecular weight excluding hydrogens is 362 g/mol. The van der Waals surface area contributed by atoms with E-state index in [0.29, 0.717) is 31.1 Å². The number of nitrogens with zero attached hydrogens (tertiary/aromatic N) is 4. The minimum Gasteiger partial charge on any atom is -0.336 e. The summed E-state index contributed by atoms with van der Waals surface area (Å²) in [7, 11) is -3.68. The summed E-state index contributed by atoms with van der Waals surface area (Å²) < 4.78 is 28.6. The summed E-state index contributed by atoms with van der Waals surface area (Å²) in [6.45, 7) is 5.00. The minimum absolute atomic E-state index is 0.0333. The van der Waals surface area contributed by atoms with Gasteiger partial charge in [0.05, 0.1) is 17.9 Å². The lowest BCUT2D eigenvalue weighted by atomic mass is 9.99. The summed E-state index contributed by atoms with van der Waals surface area (Å²) >= 11 is 1.36. The van der Waals surface area contributed by atoms with Gasteiger partial charge in [-0.2, -0.15) is 4.31 Å². The molecule has 1 amide bonds. The maximum Gasteiger partial charge on any atom is 0.262 e. The number of aryl methyl sites for hydroxylation is 2. The number of hydrogen-bond acceptors (Lipinski definition) is 6. The molecule has 0 saturated carbocycles. The second-order valence-corrected chi connectivity index (χ2v) is 8.77. The van der Waals surface area contributed by atoms with Gasteiger partial charge in [0.25, 0.3) is 10.0 Å². The van der Waals surface area contributed by atoms with E-state index >= 15 is 0 Å². The van der Waals surface area contributed by atoms with Crippen molar-refractivity contribution < 1.29 is 13.2 Å². The molecule has 3 heterocycles. The Kier molecular flexibility index (Phi) is 5.21. The second kappa shape index (κ2) is 7.22. The van der Waals surface area contributed by atoms with E-state index in [1.165, 1.54) is 28.2 Å². The van der Waals surface area contributed by atoms with Crippen LogP contribution >= 0.6 is 11.3 Å². The van der Waals surface area contributed by atoms with Gasteiger partial charge in [0.1, 0.15) is 0 Å². The zero-order valence-electron chi connectivity index (χ0n) is 14.2. The Labute approximate surface area is 150 Å². The predicted octanol–water partition coefficient (Wildman–Crippen LogP) is 1.71. The first-order chi connectivity index (χ1) is 11.9. The van der Waals surface area contributed by atoms with E-state index in [4.69, 9.17) is 0 Å². The summed E-state index contributed by atoms with van der Waals surface area (Å²) in [6, 6.07) is 0. The van der Waals surface area contributed by atoms with Gasteiger partial charge in [0.15, 0.2) is 10.2 Å². The molecule has 2 aromatic rings. The van der Waals surface area contributed by atoms with Crippen LogP contribution in [-0.2, 0) is 21.4 Å². The molecule has 2 aromatic heterocycles. The highest BCUT2D eigenvalue weighted by atomic mass is 32.2. The Hall–Kier alpha value is -1.78. The van der Waals surface area contributed by atoms with Crippen molar-refractivity contribution >= 4 is 32.4 Å². The van der Waals surface area contributed by atoms with Crippen LogP contribution in [0, 0.1) is 12.8 Å². The van der Waals surface area contributed by atoms with E-state index in [2.05, 4.69) is 15.3 Å². The lowest BCUT2D eigenvalue weighted by Crippen LogP contribution is -2.43. The molecule has 1 N–H and O–H groups in total. The molecule has 25 heavy (non-hydrogen) atoms. The smallest absolute Gasteiger partial charge is 0.262 e. The fourth-order valence-electron chi connectivity index (χ4n) is 2.77. The van der Waals surface area contributed by atoms with Crippen molar-refractivity contribution in [2.75, 3.05) is 18.4 Å². The van der Waals surface area contributed by atoms with E-state index in [1.54, 1.807) is 4.57 Å². The number of hydrogen-bond donors (Lipinski definition) is 1. The van der Waals surface area contributed by atoms with E-state index in [0.717, 1.165) is 5.69 Å².